The Morgan fingerprint density at radius 3 is 2.65 bits per heavy atom. The van der Waals surface area contributed by atoms with Crippen LogP contribution < -0.4 is 9.46 Å². The minimum Gasteiger partial charge on any atom is -0.497 e. The van der Waals surface area contributed by atoms with Crippen molar-refractivity contribution in [2.45, 2.75) is 24.3 Å². The Morgan fingerprint density at radius 2 is 2.20 bits per heavy atom. The molecular weight excluding hydrogens is 282 g/mol. The predicted octanol–water partition coefficient (Wildman–Crippen LogP) is 1.31. The third kappa shape index (κ3) is 3.82. The summed E-state index contributed by atoms with van der Waals surface area (Å²) in [6.07, 6.45) is 1.35. The predicted molar refractivity (Wildman–Crippen MR) is 74.3 cm³/mol. The number of aliphatic carboxylic acids is 1. The molecule has 0 saturated carbocycles. The van der Waals surface area contributed by atoms with Crippen LogP contribution in [-0.4, -0.2) is 32.6 Å². The van der Waals surface area contributed by atoms with E-state index >= 15 is 0 Å². The molecule has 1 atom stereocenters. The van der Waals surface area contributed by atoms with Gasteiger partial charge >= 0.3 is 5.97 Å². The van der Waals surface area contributed by atoms with Crippen LogP contribution in [0.15, 0.2) is 35.7 Å². The lowest BCUT2D eigenvalue weighted by Crippen LogP contribution is -2.40. The molecule has 0 aromatic heterocycles. The van der Waals surface area contributed by atoms with Gasteiger partial charge in [-0.05, 0) is 37.1 Å². The van der Waals surface area contributed by atoms with Crippen molar-refractivity contribution in [2.75, 3.05) is 7.11 Å². The highest BCUT2D eigenvalue weighted by Crippen LogP contribution is 2.21. The number of hydrogen-bond donors (Lipinski definition) is 2. The number of benzene rings is 1. The third-order valence-electron chi connectivity index (χ3n) is 2.67. The van der Waals surface area contributed by atoms with Crippen molar-refractivity contribution in [1.29, 1.82) is 0 Å². The molecule has 0 spiro atoms. The average molecular weight is 299 g/mol. The lowest BCUT2D eigenvalue weighted by atomic mass is 10.2. The van der Waals surface area contributed by atoms with Gasteiger partial charge in [-0.3, -0.25) is 4.79 Å². The molecule has 0 radical (unpaired) electrons. The maximum Gasteiger partial charge on any atom is 0.322 e. The molecule has 0 fully saturated rings. The maximum absolute atomic E-state index is 12.2. The van der Waals surface area contributed by atoms with E-state index in [-0.39, 0.29) is 11.3 Å². The number of carbonyl (C=O) groups is 1. The summed E-state index contributed by atoms with van der Waals surface area (Å²) in [6, 6.07) is 3.21. The Kier molecular flexibility index (Phi) is 5.29. The first-order valence-electron chi connectivity index (χ1n) is 5.82. The van der Waals surface area contributed by atoms with E-state index in [1.807, 2.05) is 0 Å². The van der Waals surface area contributed by atoms with Crippen LogP contribution >= 0.6 is 0 Å². The number of aryl methyl sites for hydroxylation is 1. The number of carboxylic acids is 1. The number of sulfonamides is 1. The molecule has 7 heteroatoms. The average Bonchev–Trinajstić information content (AvgIpc) is 2.37. The maximum atomic E-state index is 12.2. The summed E-state index contributed by atoms with van der Waals surface area (Å²) in [7, 11) is -2.44. The number of nitrogens with one attached hydrogen (secondary N) is 1. The quantitative estimate of drug-likeness (QED) is 0.741. The summed E-state index contributed by atoms with van der Waals surface area (Å²) in [6.45, 7) is 5.02. The molecule has 1 aromatic rings. The Bertz CT molecular complexity index is 609. The van der Waals surface area contributed by atoms with Gasteiger partial charge in [0.15, 0.2) is 0 Å². The van der Waals surface area contributed by atoms with Crippen molar-refractivity contribution in [2.24, 2.45) is 0 Å². The highest BCUT2D eigenvalue weighted by Gasteiger charge is 2.25. The van der Waals surface area contributed by atoms with E-state index in [2.05, 4.69) is 11.3 Å². The molecule has 0 bridgehead atoms. The number of hydrogen-bond acceptors (Lipinski definition) is 4. The zero-order valence-electron chi connectivity index (χ0n) is 11.3. The van der Waals surface area contributed by atoms with Gasteiger partial charge in [0.25, 0.3) is 0 Å². The molecule has 0 aliphatic heterocycles. The topological polar surface area (TPSA) is 92.7 Å². The molecule has 2 N–H and O–H groups in total. The smallest absolute Gasteiger partial charge is 0.322 e. The molecule has 0 amide bonds. The first kappa shape index (κ1) is 16.2. The van der Waals surface area contributed by atoms with Gasteiger partial charge in [0.05, 0.1) is 12.0 Å². The minimum absolute atomic E-state index is 0.00374. The summed E-state index contributed by atoms with van der Waals surface area (Å²) in [5, 5.41) is 8.97. The number of ether oxygens (including phenoxy) is 1. The van der Waals surface area contributed by atoms with Gasteiger partial charge in [0.2, 0.25) is 10.0 Å². The van der Waals surface area contributed by atoms with Crippen LogP contribution in [0, 0.1) is 6.92 Å². The summed E-state index contributed by atoms with van der Waals surface area (Å²) in [5.41, 5.74) is 0.472. The second-order valence-corrected chi connectivity index (χ2v) is 5.85. The first-order valence-corrected chi connectivity index (χ1v) is 7.30. The Morgan fingerprint density at radius 1 is 1.55 bits per heavy atom. The van der Waals surface area contributed by atoms with E-state index in [4.69, 9.17) is 9.84 Å². The zero-order valence-corrected chi connectivity index (χ0v) is 12.1. The molecule has 0 saturated heterocycles. The van der Waals surface area contributed by atoms with Crippen LogP contribution in [0.25, 0.3) is 0 Å². The fraction of sp³-hybridized carbons (Fsp3) is 0.308. The van der Waals surface area contributed by atoms with E-state index in [1.54, 1.807) is 13.0 Å². The second kappa shape index (κ2) is 6.53. The summed E-state index contributed by atoms with van der Waals surface area (Å²) in [5.74, 6) is -0.720. The number of methoxy groups -OCH3 is 1. The van der Waals surface area contributed by atoms with Crippen LogP contribution in [0.5, 0.6) is 5.75 Å². The summed E-state index contributed by atoms with van der Waals surface area (Å²) in [4.78, 5) is 11.0. The first-order chi connectivity index (χ1) is 9.31. The highest BCUT2D eigenvalue weighted by atomic mass is 32.2. The van der Waals surface area contributed by atoms with Gasteiger partial charge in [-0.25, -0.2) is 8.42 Å². The normalized spacial score (nSPS) is 12.7. The van der Waals surface area contributed by atoms with E-state index in [9.17, 15) is 13.2 Å². The van der Waals surface area contributed by atoms with E-state index in [1.165, 1.54) is 25.3 Å². The van der Waals surface area contributed by atoms with Gasteiger partial charge in [0.1, 0.15) is 11.8 Å². The lowest BCUT2D eigenvalue weighted by Gasteiger charge is -2.15. The molecule has 1 aromatic carbocycles. The van der Waals surface area contributed by atoms with E-state index in [0.717, 1.165) is 0 Å². The zero-order chi connectivity index (χ0) is 15.3. The monoisotopic (exact) mass is 299 g/mol. The van der Waals surface area contributed by atoms with Crippen molar-refractivity contribution in [1.82, 2.24) is 4.72 Å². The van der Waals surface area contributed by atoms with Crippen LogP contribution in [0.2, 0.25) is 0 Å². The van der Waals surface area contributed by atoms with Crippen molar-refractivity contribution in [3.05, 3.63) is 36.4 Å². The van der Waals surface area contributed by atoms with Crippen molar-refractivity contribution >= 4 is 16.0 Å². The van der Waals surface area contributed by atoms with Gasteiger partial charge in [-0.2, -0.15) is 4.72 Å². The van der Waals surface area contributed by atoms with Crippen molar-refractivity contribution in [3.63, 3.8) is 0 Å². The molecule has 110 valence electrons. The molecule has 0 aliphatic carbocycles. The second-order valence-electron chi connectivity index (χ2n) is 4.17. The molecule has 0 aliphatic rings. The summed E-state index contributed by atoms with van der Waals surface area (Å²) >= 11 is 0. The van der Waals surface area contributed by atoms with Gasteiger partial charge < -0.3 is 9.84 Å². The standard InChI is InChI=1S/C13H17NO5S/c1-4-5-11(13(15)16)14-20(17,18)12-7-6-10(19-3)8-9(12)2/h4,6-8,11,14H,1,5H2,2-3H3,(H,15,16). The highest BCUT2D eigenvalue weighted by molar-refractivity contribution is 7.89. The summed E-state index contributed by atoms with van der Waals surface area (Å²) < 4.78 is 31.5. The van der Waals surface area contributed by atoms with Gasteiger partial charge in [-0.1, -0.05) is 6.08 Å². The minimum atomic E-state index is -3.92. The number of carboxylic acid groups (broad SMARTS) is 1. The van der Waals surface area contributed by atoms with Crippen molar-refractivity contribution in [3.8, 4) is 5.75 Å². The Hall–Kier alpha value is -1.86. The Balaban J connectivity index is 3.10. The lowest BCUT2D eigenvalue weighted by molar-refractivity contribution is -0.138. The van der Waals surface area contributed by atoms with E-state index in [0.29, 0.717) is 11.3 Å². The fourth-order valence-corrected chi connectivity index (χ4v) is 3.10. The third-order valence-corrected chi connectivity index (χ3v) is 4.30. The van der Waals surface area contributed by atoms with Crippen LogP contribution in [0.4, 0.5) is 0 Å². The van der Waals surface area contributed by atoms with Crippen LogP contribution in [0.1, 0.15) is 12.0 Å². The van der Waals surface area contributed by atoms with Crippen LogP contribution in [0.3, 0.4) is 0 Å². The Labute approximate surface area is 118 Å². The fourth-order valence-electron chi connectivity index (χ4n) is 1.67. The molecule has 0 heterocycles. The largest absolute Gasteiger partial charge is 0.497 e. The molecule has 6 nitrogen and oxygen atoms in total. The molecule has 1 rings (SSSR count). The molecule has 1 unspecified atom stereocenters. The van der Waals surface area contributed by atoms with Crippen molar-refractivity contribution < 1.29 is 23.1 Å². The SMILES string of the molecule is C=CCC(NS(=O)(=O)c1ccc(OC)cc1C)C(=O)O. The van der Waals surface area contributed by atoms with E-state index < -0.39 is 22.0 Å². The number of rotatable bonds is 7. The van der Waals surface area contributed by atoms with Crippen LogP contribution in [-0.2, 0) is 14.8 Å². The van der Waals surface area contributed by atoms with Gasteiger partial charge in [-0.15, -0.1) is 6.58 Å². The molecule has 20 heavy (non-hydrogen) atoms. The molecular formula is C13H17NO5S. The van der Waals surface area contributed by atoms with Gasteiger partial charge in [0, 0.05) is 0 Å².